The summed E-state index contributed by atoms with van der Waals surface area (Å²) in [5.41, 5.74) is 0.464. The molecule has 15 heavy (non-hydrogen) atoms. The van der Waals surface area contributed by atoms with Crippen molar-refractivity contribution in [1.82, 2.24) is 0 Å². The molecule has 3 nitrogen and oxygen atoms in total. The van der Waals surface area contributed by atoms with Crippen LogP contribution in [-0.2, 0) is 9.53 Å². The summed E-state index contributed by atoms with van der Waals surface area (Å²) >= 11 is 11.8. The van der Waals surface area contributed by atoms with Crippen LogP contribution in [0, 0.1) is 0 Å². The maximum Gasteiger partial charge on any atom is 0.310 e. The normalized spacial score (nSPS) is 14.1. The Morgan fingerprint density at radius 1 is 1.40 bits per heavy atom. The van der Waals surface area contributed by atoms with Crippen LogP contribution < -0.4 is 0 Å². The van der Waals surface area contributed by atoms with E-state index >= 15 is 0 Å². The van der Waals surface area contributed by atoms with Crippen molar-refractivity contribution in [2.45, 2.75) is 20.3 Å². The quantitative estimate of drug-likeness (QED) is 0.332. The second-order valence-electron chi connectivity index (χ2n) is 2.55. The number of halogens is 2. The maximum absolute atomic E-state index is 11.1. The zero-order valence-electron chi connectivity index (χ0n) is 8.88. The number of carbonyl (C=O) groups excluding carboxylic acids is 1. The molecule has 0 aromatic heterocycles. The van der Waals surface area contributed by atoms with Gasteiger partial charge in [-0.1, -0.05) is 29.3 Å². The van der Waals surface area contributed by atoms with Gasteiger partial charge in [-0.05, 0) is 13.8 Å². The summed E-state index contributed by atoms with van der Waals surface area (Å²) in [6.45, 7) is 3.47. The third-order valence-electron chi connectivity index (χ3n) is 1.58. The van der Waals surface area contributed by atoms with Gasteiger partial charge in [-0.3, -0.25) is 4.79 Å². The number of nitrogens with zero attached hydrogens (tertiary/aromatic N) is 1. The average Bonchev–Trinajstić information content (AvgIpc) is 2.24. The summed E-state index contributed by atoms with van der Waals surface area (Å²) < 4.78 is 4.53. The average molecular weight is 250 g/mol. The molecule has 0 atom stereocenters. The summed E-state index contributed by atoms with van der Waals surface area (Å²) in [5.74, 6) is -0.408. The molecule has 84 valence electrons. The largest absolute Gasteiger partial charge is 0.469 e. The van der Waals surface area contributed by atoms with E-state index in [0.717, 1.165) is 0 Å². The molecule has 0 heterocycles. The minimum atomic E-state index is -0.408. The molecule has 0 radical (unpaired) electrons. The Hall–Kier alpha value is -0.800. The Morgan fingerprint density at radius 3 is 2.40 bits per heavy atom. The molecule has 0 aromatic rings. The molecule has 0 amide bonds. The predicted octanol–water partition coefficient (Wildman–Crippen LogP) is 3.23. The summed E-state index contributed by atoms with van der Waals surface area (Å²) in [5, 5.41) is 0.599. The number of rotatable bonds is 4. The number of hydrogen-bond acceptors (Lipinski definition) is 3. The van der Waals surface area contributed by atoms with E-state index in [9.17, 15) is 4.79 Å². The van der Waals surface area contributed by atoms with Crippen molar-refractivity contribution in [1.29, 1.82) is 0 Å². The lowest BCUT2D eigenvalue weighted by Gasteiger charge is -2.05. The third-order valence-corrected chi connectivity index (χ3v) is 2.35. The molecule has 0 fully saturated rings. The standard InChI is InChI=1S/C10H13Cl2NO2/c1-4-8(11)7(6-9(14)15-3)10(12)13-5-2/h4-5H,6H2,1-3H3/b8-4?,10-7-,13-5?. The van der Waals surface area contributed by atoms with Crippen molar-refractivity contribution in [3.05, 3.63) is 21.8 Å². The summed E-state index contributed by atoms with van der Waals surface area (Å²) in [6.07, 6.45) is 3.18. The molecular formula is C10H13Cl2NO2. The molecule has 5 heteroatoms. The van der Waals surface area contributed by atoms with E-state index in [0.29, 0.717) is 10.6 Å². The number of esters is 1. The zero-order chi connectivity index (χ0) is 11.8. The fourth-order valence-electron chi connectivity index (χ4n) is 0.838. The third kappa shape index (κ3) is 5.00. The first-order valence-electron chi connectivity index (χ1n) is 4.33. The molecule has 0 aliphatic carbocycles. The number of methoxy groups -OCH3 is 1. The highest BCUT2D eigenvalue weighted by Gasteiger charge is 2.13. The van der Waals surface area contributed by atoms with Gasteiger partial charge >= 0.3 is 5.97 Å². The van der Waals surface area contributed by atoms with Gasteiger partial charge in [-0.15, -0.1) is 0 Å². The Bertz CT molecular complexity index is 319. The molecule has 0 unspecified atom stereocenters. The number of ether oxygens (including phenoxy) is 1. The summed E-state index contributed by atoms with van der Waals surface area (Å²) in [7, 11) is 1.31. The number of carbonyl (C=O) groups is 1. The molecule has 0 aliphatic heterocycles. The molecule has 0 rings (SSSR count). The fourth-order valence-corrected chi connectivity index (χ4v) is 1.31. The molecule has 0 N–H and O–H groups in total. The van der Waals surface area contributed by atoms with Crippen LogP contribution >= 0.6 is 23.2 Å². The lowest BCUT2D eigenvalue weighted by Crippen LogP contribution is -2.03. The highest BCUT2D eigenvalue weighted by molar-refractivity contribution is 6.35. The summed E-state index contributed by atoms with van der Waals surface area (Å²) in [4.78, 5) is 15.0. The van der Waals surface area contributed by atoms with Crippen LogP contribution in [0.4, 0.5) is 0 Å². The van der Waals surface area contributed by atoms with Crippen molar-refractivity contribution in [3.63, 3.8) is 0 Å². The van der Waals surface area contributed by atoms with Crippen LogP contribution in [0.5, 0.6) is 0 Å². The second-order valence-corrected chi connectivity index (χ2v) is 3.31. The Kier molecular flexibility index (Phi) is 7.09. The first kappa shape index (κ1) is 14.2. The molecule has 0 aromatic carbocycles. The van der Waals surface area contributed by atoms with Crippen LogP contribution in [-0.4, -0.2) is 19.3 Å². The molecule has 0 bridgehead atoms. The molecule has 0 saturated heterocycles. The lowest BCUT2D eigenvalue weighted by molar-refractivity contribution is -0.139. The van der Waals surface area contributed by atoms with Crippen LogP contribution in [0.3, 0.4) is 0 Å². The van der Waals surface area contributed by atoms with Crippen LogP contribution in [0.1, 0.15) is 20.3 Å². The van der Waals surface area contributed by atoms with E-state index in [2.05, 4.69) is 9.73 Å². The fraction of sp³-hybridized carbons (Fsp3) is 0.400. The van der Waals surface area contributed by atoms with E-state index in [4.69, 9.17) is 23.2 Å². The van der Waals surface area contributed by atoms with E-state index in [1.807, 2.05) is 0 Å². The minimum absolute atomic E-state index is 0.00977. The highest BCUT2D eigenvalue weighted by Crippen LogP contribution is 2.25. The van der Waals surface area contributed by atoms with Gasteiger partial charge in [0.15, 0.2) is 0 Å². The Balaban J connectivity index is 5.06. The van der Waals surface area contributed by atoms with Crippen molar-refractivity contribution < 1.29 is 9.53 Å². The van der Waals surface area contributed by atoms with Crippen molar-refractivity contribution in [2.75, 3.05) is 7.11 Å². The number of allylic oxidation sites excluding steroid dienone is 2. The topological polar surface area (TPSA) is 38.7 Å². The zero-order valence-corrected chi connectivity index (χ0v) is 10.4. The highest BCUT2D eigenvalue weighted by atomic mass is 35.5. The van der Waals surface area contributed by atoms with Gasteiger partial charge in [-0.2, -0.15) is 0 Å². The minimum Gasteiger partial charge on any atom is -0.469 e. The second kappa shape index (κ2) is 7.49. The van der Waals surface area contributed by atoms with Crippen molar-refractivity contribution in [3.8, 4) is 0 Å². The van der Waals surface area contributed by atoms with Crippen LogP contribution in [0.25, 0.3) is 0 Å². The number of hydrogen-bond donors (Lipinski definition) is 0. The van der Waals surface area contributed by atoms with E-state index < -0.39 is 5.97 Å². The van der Waals surface area contributed by atoms with E-state index in [1.54, 1.807) is 19.9 Å². The molecule has 0 spiro atoms. The van der Waals surface area contributed by atoms with Gasteiger partial charge in [0.25, 0.3) is 0 Å². The van der Waals surface area contributed by atoms with Crippen molar-refractivity contribution >= 4 is 35.4 Å². The van der Waals surface area contributed by atoms with Gasteiger partial charge in [0.2, 0.25) is 0 Å². The summed E-state index contributed by atoms with van der Waals surface area (Å²) in [6, 6.07) is 0. The van der Waals surface area contributed by atoms with Gasteiger partial charge in [0.1, 0.15) is 5.16 Å². The predicted molar refractivity (Wildman–Crippen MR) is 63.3 cm³/mol. The Morgan fingerprint density at radius 2 is 2.00 bits per heavy atom. The van der Waals surface area contributed by atoms with E-state index in [-0.39, 0.29) is 11.6 Å². The van der Waals surface area contributed by atoms with Crippen LogP contribution in [0.15, 0.2) is 26.8 Å². The lowest BCUT2D eigenvalue weighted by atomic mass is 10.2. The molecule has 0 aliphatic rings. The van der Waals surface area contributed by atoms with E-state index in [1.165, 1.54) is 13.3 Å². The monoisotopic (exact) mass is 249 g/mol. The molecular weight excluding hydrogens is 237 g/mol. The number of aliphatic imine (C=N–C) groups is 1. The Labute approximate surface area is 99.4 Å². The van der Waals surface area contributed by atoms with Crippen molar-refractivity contribution in [2.24, 2.45) is 4.99 Å². The first-order valence-corrected chi connectivity index (χ1v) is 5.08. The van der Waals surface area contributed by atoms with Gasteiger partial charge in [-0.25, -0.2) is 4.99 Å². The smallest absolute Gasteiger partial charge is 0.310 e. The maximum atomic E-state index is 11.1. The van der Waals surface area contributed by atoms with Gasteiger partial charge in [0, 0.05) is 16.8 Å². The SMILES string of the molecule is CC=N/C(Cl)=C(/CC(=O)OC)C(Cl)=CC. The van der Waals surface area contributed by atoms with Crippen LogP contribution in [0.2, 0.25) is 0 Å². The van der Waals surface area contributed by atoms with Gasteiger partial charge < -0.3 is 4.74 Å². The first-order chi connectivity index (χ1) is 7.06. The molecule has 0 saturated carbocycles. The van der Waals surface area contributed by atoms with Gasteiger partial charge in [0.05, 0.1) is 13.5 Å².